The highest BCUT2D eigenvalue weighted by atomic mass is 35.5. The smallest absolute Gasteiger partial charge is 0.0316 e. The van der Waals surface area contributed by atoms with Gasteiger partial charge in [0, 0.05) is 11.7 Å². The van der Waals surface area contributed by atoms with Gasteiger partial charge >= 0.3 is 0 Å². The molecule has 1 aromatic carbocycles. The molecule has 0 bridgehead atoms. The fourth-order valence-corrected chi connectivity index (χ4v) is 3.19. The average Bonchev–Trinajstić information content (AvgIpc) is 2.42. The molecule has 0 amide bonds. The second kappa shape index (κ2) is 10.3. The summed E-state index contributed by atoms with van der Waals surface area (Å²) in [5.74, 6) is 0. The van der Waals surface area contributed by atoms with E-state index in [4.69, 9.17) is 5.73 Å². The van der Waals surface area contributed by atoms with E-state index in [1.54, 1.807) is 0 Å². The summed E-state index contributed by atoms with van der Waals surface area (Å²) in [6.07, 6.45) is 7.57. The van der Waals surface area contributed by atoms with Crippen LogP contribution in [-0.4, -0.2) is 24.0 Å². The van der Waals surface area contributed by atoms with Crippen LogP contribution in [0.15, 0.2) is 18.2 Å². The Morgan fingerprint density at radius 1 is 1.10 bits per heavy atom. The molecule has 0 radical (unpaired) electrons. The van der Waals surface area contributed by atoms with Gasteiger partial charge in [-0.05, 0) is 68.5 Å². The molecule has 0 aromatic heterocycles. The minimum atomic E-state index is 0. The molecule has 122 valence electrons. The van der Waals surface area contributed by atoms with Gasteiger partial charge in [0.05, 0.1) is 0 Å². The number of benzene rings is 1. The first kappa shape index (κ1) is 20.6. The van der Waals surface area contributed by atoms with Crippen molar-refractivity contribution in [1.29, 1.82) is 0 Å². The predicted octanol–water partition coefficient (Wildman–Crippen LogP) is 4.48. The third-order valence-corrected chi connectivity index (χ3v) is 4.26. The number of nitrogens with two attached hydrogens (primary N) is 1. The molecule has 2 N–H and O–H groups in total. The van der Waals surface area contributed by atoms with Gasteiger partial charge in [-0.15, -0.1) is 24.8 Å². The number of halogens is 2. The Labute approximate surface area is 142 Å². The maximum absolute atomic E-state index is 5.93. The van der Waals surface area contributed by atoms with Crippen molar-refractivity contribution < 1.29 is 0 Å². The maximum Gasteiger partial charge on any atom is 0.0316 e. The van der Waals surface area contributed by atoms with Crippen LogP contribution in [0, 0.1) is 0 Å². The van der Waals surface area contributed by atoms with Crippen LogP contribution in [0.3, 0.4) is 0 Å². The molecule has 21 heavy (non-hydrogen) atoms. The van der Waals surface area contributed by atoms with E-state index in [9.17, 15) is 0 Å². The molecule has 1 aromatic rings. The van der Waals surface area contributed by atoms with Gasteiger partial charge in [0.15, 0.2) is 0 Å². The highest BCUT2D eigenvalue weighted by Gasteiger charge is 2.23. The van der Waals surface area contributed by atoms with Crippen LogP contribution in [0.1, 0.15) is 50.7 Å². The Hall–Kier alpha value is -0.440. The molecule has 1 aliphatic rings. The van der Waals surface area contributed by atoms with Crippen LogP contribution in [0.4, 0.5) is 5.69 Å². The highest BCUT2D eigenvalue weighted by Crippen LogP contribution is 2.26. The van der Waals surface area contributed by atoms with Gasteiger partial charge in [-0.1, -0.05) is 26.3 Å². The van der Waals surface area contributed by atoms with Gasteiger partial charge in [0.1, 0.15) is 0 Å². The number of hydrogen-bond acceptors (Lipinski definition) is 2. The Morgan fingerprint density at radius 2 is 1.86 bits per heavy atom. The second-order valence-corrected chi connectivity index (χ2v) is 5.81. The van der Waals surface area contributed by atoms with Crippen LogP contribution < -0.4 is 5.73 Å². The van der Waals surface area contributed by atoms with Crippen LogP contribution in [0.25, 0.3) is 0 Å². The first-order valence-electron chi connectivity index (χ1n) is 7.86. The summed E-state index contributed by atoms with van der Waals surface area (Å²) in [5, 5.41) is 0. The quantitative estimate of drug-likeness (QED) is 0.778. The van der Waals surface area contributed by atoms with Gasteiger partial charge in [-0.2, -0.15) is 0 Å². The van der Waals surface area contributed by atoms with Crippen molar-refractivity contribution in [2.75, 3.05) is 18.8 Å². The largest absolute Gasteiger partial charge is 0.399 e. The normalized spacial score (nSPS) is 16.8. The fourth-order valence-electron chi connectivity index (χ4n) is 3.19. The summed E-state index contributed by atoms with van der Waals surface area (Å²) in [6.45, 7) is 7.06. The lowest BCUT2D eigenvalue weighted by molar-refractivity contribution is 0.177. The lowest BCUT2D eigenvalue weighted by atomic mass is 9.87. The van der Waals surface area contributed by atoms with Gasteiger partial charge in [-0.25, -0.2) is 0 Å². The molecule has 1 unspecified atom stereocenters. The Morgan fingerprint density at radius 3 is 2.52 bits per heavy atom. The SMILES string of the molecule is CCCCN(CCC)C1CCc2ccc(N)cc2C1.Cl.Cl. The van der Waals surface area contributed by atoms with E-state index in [0.29, 0.717) is 0 Å². The predicted molar refractivity (Wildman–Crippen MR) is 97.9 cm³/mol. The van der Waals surface area contributed by atoms with Crippen LogP contribution in [0.5, 0.6) is 0 Å². The van der Waals surface area contributed by atoms with E-state index < -0.39 is 0 Å². The number of rotatable bonds is 6. The van der Waals surface area contributed by atoms with E-state index in [1.807, 2.05) is 6.07 Å². The minimum absolute atomic E-state index is 0. The summed E-state index contributed by atoms with van der Waals surface area (Å²) in [5.41, 5.74) is 9.83. The van der Waals surface area contributed by atoms with Crippen molar-refractivity contribution in [2.24, 2.45) is 0 Å². The molecule has 1 atom stereocenters. The van der Waals surface area contributed by atoms with Crippen molar-refractivity contribution in [3.8, 4) is 0 Å². The summed E-state index contributed by atoms with van der Waals surface area (Å²) in [7, 11) is 0. The first-order valence-corrected chi connectivity index (χ1v) is 7.86. The zero-order chi connectivity index (χ0) is 13.7. The standard InChI is InChI=1S/C17H28N2.2ClH/c1-3-5-11-19(10-4-2)17-9-7-14-6-8-16(18)12-15(14)13-17;;/h6,8,12,17H,3-5,7,9-11,13,18H2,1-2H3;2*1H. The maximum atomic E-state index is 5.93. The molecular weight excluding hydrogens is 303 g/mol. The molecular formula is C17H30Cl2N2. The number of nitrogens with zero attached hydrogens (tertiary/aromatic N) is 1. The third-order valence-electron chi connectivity index (χ3n) is 4.26. The minimum Gasteiger partial charge on any atom is -0.399 e. The molecule has 2 rings (SSSR count). The monoisotopic (exact) mass is 332 g/mol. The number of fused-ring (bicyclic) bond motifs is 1. The van der Waals surface area contributed by atoms with E-state index >= 15 is 0 Å². The summed E-state index contributed by atoms with van der Waals surface area (Å²) < 4.78 is 0. The Balaban J connectivity index is 0.00000200. The van der Waals surface area contributed by atoms with Gasteiger partial charge in [-0.3, -0.25) is 0 Å². The van der Waals surface area contributed by atoms with E-state index in [0.717, 1.165) is 11.7 Å². The molecule has 2 nitrogen and oxygen atoms in total. The van der Waals surface area contributed by atoms with Gasteiger partial charge in [0.25, 0.3) is 0 Å². The highest BCUT2D eigenvalue weighted by molar-refractivity contribution is 5.85. The number of hydrogen-bond donors (Lipinski definition) is 1. The van der Waals surface area contributed by atoms with E-state index in [2.05, 4.69) is 30.9 Å². The molecule has 0 saturated carbocycles. The second-order valence-electron chi connectivity index (χ2n) is 5.81. The molecule has 1 aliphatic carbocycles. The van der Waals surface area contributed by atoms with Crippen LogP contribution in [-0.2, 0) is 12.8 Å². The van der Waals surface area contributed by atoms with Crippen LogP contribution >= 0.6 is 24.8 Å². The van der Waals surface area contributed by atoms with Gasteiger partial charge in [0.2, 0.25) is 0 Å². The van der Waals surface area contributed by atoms with Crippen LogP contribution in [0.2, 0.25) is 0 Å². The number of nitrogen functional groups attached to an aromatic ring is 1. The van der Waals surface area contributed by atoms with Crippen molar-refractivity contribution >= 4 is 30.5 Å². The summed E-state index contributed by atoms with van der Waals surface area (Å²) >= 11 is 0. The topological polar surface area (TPSA) is 29.3 Å². The zero-order valence-corrected chi connectivity index (χ0v) is 14.9. The van der Waals surface area contributed by atoms with E-state index in [-0.39, 0.29) is 24.8 Å². The molecule has 0 spiro atoms. The van der Waals surface area contributed by atoms with E-state index in [1.165, 1.54) is 62.7 Å². The lowest BCUT2D eigenvalue weighted by Crippen LogP contribution is -2.40. The van der Waals surface area contributed by atoms with Crippen molar-refractivity contribution in [1.82, 2.24) is 4.90 Å². The van der Waals surface area contributed by atoms with Crippen molar-refractivity contribution in [2.45, 2.75) is 58.4 Å². The van der Waals surface area contributed by atoms with Gasteiger partial charge < -0.3 is 10.6 Å². The molecule has 0 saturated heterocycles. The zero-order valence-electron chi connectivity index (χ0n) is 13.3. The summed E-state index contributed by atoms with van der Waals surface area (Å²) in [4.78, 5) is 2.70. The number of aryl methyl sites for hydroxylation is 1. The first-order chi connectivity index (χ1) is 9.24. The molecule has 0 aliphatic heterocycles. The number of anilines is 1. The average molecular weight is 333 g/mol. The third kappa shape index (κ3) is 5.69. The molecule has 0 heterocycles. The lowest BCUT2D eigenvalue weighted by Gasteiger charge is -2.35. The van der Waals surface area contributed by atoms with Crippen molar-refractivity contribution in [3.63, 3.8) is 0 Å². The fraction of sp³-hybridized carbons (Fsp3) is 0.647. The number of unbranched alkanes of at least 4 members (excludes halogenated alkanes) is 1. The molecule has 4 heteroatoms. The summed E-state index contributed by atoms with van der Waals surface area (Å²) in [6, 6.07) is 7.17. The Bertz CT molecular complexity index is 410. The van der Waals surface area contributed by atoms with Crippen molar-refractivity contribution in [3.05, 3.63) is 29.3 Å². The molecule has 0 fully saturated rings. The Kier molecular flexibility index (Phi) is 10.1.